The summed E-state index contributed by atoms with van der Waals surface area (Å²) in [4.78, 5) is 40.6. The first-order valence-electron chi connectivity index (χ1n) is 15.8. The Labute approximate surface area is 254 Å². The van der Waals surface area contributed by atoms with Gasteiger partial charge in [-0.2, -0.15) is 5.26 Å². The number of nitrogens with zero attached hydrogens (tertiary/aromatic N) is 2. The Balaban J connectivity index is 1.41. The molecule has 0 radical (unpaired) electrons. The van der Waals surface area contributed by atoms with Crippen molar-refractivity contribution >= 4 is 17.5 Å². The number of fused-ring (bicyclic) bond motifs is 7. The van der Waals surface area contributed by atoms with Crippen LogP contribution in [0.15, 0.2) is 40.1 Å². The topological polar surface area (TPSA) is 133 Å². The third kappa shape index (κ3) is 3.70. The van der Waals surface area contributed by atoms with Gasteiger partial charge < -0.3 is 14.9 Å². The number of carbonyl (C=O) groups is 3. The zero-order valence-electron chi connectivity index (χ0n) is 26.6. The molecule has 230 valence electrons. The number of hydrogen-bond donors (Lipinski definition) is 2. The standard InChI is InChI=1S/C35H45N3O5/c1-29(2)23-8-10-33(6)24(32(23,5)17-21(19-36)27(29)40)16-26(39)35(42)25-18-30(3,20-37-28(41)22-9-15-38-43-22)11-12-31(25,4)13-14-34(33,35)7/h9,15-17,23,25,42H,8,10-14,18,20H2,1-7H3,(H,37,41)/t23-,25+,30-,31+,32-,33+,34-,35+/m0/s1. The highest BCUT2D eigenvalue weighted by atomic mass is 16.5. The van der Waals surface area contributed by atoms with Crippen LogP contribution < -0.4 is 5.32 Å². The van der Waals surface area contributed by atoms with Gasteiger partial charge in [-0.15, -0.1) is 0 Å². The van der Waals surface area contributed by atoms with E-state index in [4.69, 9.17) is 4.52 Å². The molecule has 0 saturated heterocycles. The van der Waals surface area contributed by atoms with E-state index < -0.39 is 27.3 Å². The van der Waals surface area contributed by atoms with Gasteiger partial charge in [0.05, 0.1) is 11.8 Å². The minimum Gasteiger partial charge on any atom is -0.381 e. The molecule has 8 nitrogen and oxygen atoms in total. The molecule has 0 unspecified atom stereocenters. The van der Waals surface area contributed by atoms with Crippen molar-refractivity contribution in [1.82, 2.24) is 10.5 Å². The molecule has 2 N–H and O–H groups in total. The minimum atomic E-state index is -1.58. The second-order valence-corrected chi connectivity index (χ2v) is 16.2. The van der Waals surface area contributed by atoms with Crippen molar-refractivity contribution in [3.8, 4) is 6.07 Å². The number of Topliss-reactive ketones (excluding diaryl/α,β-unsaturated/α-hetero) is 1. The van der Waals surface area contributed by atoms with E-state index >= 15 is 0 Å². The van der Waals surface area contributed by atoms with Crippen LogP contribution in [0.1, 0.15) is 104 Å². The van der Waals surface area contributed by atoms with E-state index in [0.717, 1.165) is 37.7 Å². The monoisotopic (exact) mass is 587 g/mol. The van der Waals surface area contributed by atoms with Crippen molar-refractivity contribution in [2.24, 2.45) is 44.3 Å². The molecule has 5 aliphatic rings. The lowest BCUT2D eigenvalue weighted by atomic mass is 9.33. The number of rotatable bonds is 3. The smallest absolute Gasteiger partial charge is 0.289 e. The van der Waals surface area contributed by atoms with Gasteiger partial charge in [0.2, 0.25) is 5.76 Å². The summed E-state index contributed by atoms with van der Waals surface area (Å²) in [5.74, 6) is -0.884. The molecule has 0 spiro atoms. The molecule has 0 aromatic carbocycles. The summed E-state index contributed by atoms with van der Waals surface area (Å²) in [5, 5.41) is 29.6. The lowest BCUT2D eigenvalue weighted by Gasteiger charge is -2.71. The lowest BCUT2D eigenvalue weighted by molar-refractivity contribution is -0.243. The molecule has 6 rings (SSSR count). The minimum absolute atomic E-state index is 0.0497. The molecule has 8 atom stereocenters. The first-order valence-corrected chi connectivity index (χ1v) is 15.8. The maximum absolute atomic E-state index is 14.6. The molecule has 1 heterocycles. The molecule has 3 fully saturated rings. The second kappa shape index (κ2) is 9.00. The Kier molecular flexibility index (Phi) is 6.28. The van der Waals surface area contributed by atoms with Gasteiger partial charge in [0.15, 0.2) is 11.6 Å². The summed E-state index contributed by atoms with van der Waals surface area (Å²) in [7, 11) is 0. The van der Waals surface area contributed by atoms with E-state index in [2.05, 4.69) is 51.2 Å². The van der Waals surface area contributed by atoms with Gasteiger partial charge in [-0.1, -0.05) is 59.7 Å². The summed E-state index contributed by atoms with van der Waals surface area (Å²) in [6.07, 6.45) is 10.5. The van der Waals surface area contributed by atoms with Gasteiger partial charge in [-0.3, -0.25) is 14.4 Å². The summed E-state index contributed by atoms with van der Waals surface area (Å²) in [5.41, 5.74) is -3.63. The fourth-order valence-corrected chi connectivity index (χ4v) is 10.7. The van der Waals surface area contributed by atoms with Gasteiger partial charge in [0.25, 0.3) is 5.91 Å². The van der Waals surface area contributed by atoms with E-state index in [1.807, 2.05) is 19.9 Å². The summed E-state index contributed by atoms with van der Waals surface area (Å²) < 4.78 is 5.03. The molecule has 5 aliphatic carbocycles. The van der Waals surface area contributed by atoms with Crippen LogP contribution in [0.25, 0.3) is 0 Å². The van der Waals surface area contributed by atoms with Crippen LogP contribution in [0.3, 0.4) is 0 Å². The molecule has 3 saturated carbocycles. The number of nitriles is 1. The average molecular weight is 588 g/mol. The van der Waals surface area contributed by atoms with Crippen LogP contribution >= 0.6 is 0 Å². The fraction of sp³-hybridized carbons (Fsp3) is 0.686. The number of hydrogen-bond acceptors (Lipinski definition) is 7. The molecule has 0 aliphatic heterocycles. The van der Waals surface area contributed by atoms with Crippen LogP contribution in [0.5, 0.6) is 0 Å². The molecule has 1 amide bonds. The predicted molar refractivity (Wildman–Crippen MR) is 159 cm³/mol. The zero-order valence-corrected chi connectivity index (χ0v) is 26.6. The third-order valence-electron chi connectivity index (χ3n) is 13.7. The maximum atomic E-state index is 14.6. The molecule has 1 aromatic rings. The van der Waals surface area contributed by atoms with E-state index in [9.17, 15) is 24.8 Å². The number of aromatic nitrogens is 1. The van der Waals surface area contributed by atoms with Gasteiger partial charge >= 0.3 is 0 Å². The predicted octanol–water partition coefficient (Wildman–Crippen LogP) is 5.74. The molecule has 0 bridgehead atoms. The largest absolute Gasteiger partial charge is 0.381 e. The Morgan fingerprint density at radius 2 is 1.77 bits per heavy atom. The van der Waals surface area contributed by atoms with Crippen LogP contribution in [0, 0.1) is 55.7 Å². The molecular formula is C35H45N3O5. The second-order valence-electron chi connectivity index (χ2n) is 16.2. The van der Waals surface area contributed by atoms with Crippen LogP contribution in [-0.2, 0) is 9.59 Å². The average Bonchev–Trinajstić information content (AvgIpc) is 3.50. The molecule has 8 heteroatoms. The number of ketones is 2. The first kappa shape index (κ1) is 30.0. The lowest BCUT2D eigenvalue weighted by Crippen LogP contribution is -2.74. The molecule has 43 heavy (non-hydrogen) atoms. The van der Waals surface area contributed by atoms with E-state index in [0.29, 0.717) is 19.4 Å². The van der Waals surface area contributed by atoms with Crippen molar-refractivity contribution < 1.29 is 24.0 Å². The van der Waals surface area contributed by atoms with Crippen LogP contribution in [-0.4, -0.2) is 39.9 Å². The molecule has 1 aromatic heterocycles. The van der Waals surface area contributed by atoms with E-state index in [1.165, 1.54) is 12.3 Å². The highest BCUT2D eigenvalue weighted by Crippen LogP contribution is 2.75. The highest BCUT2D eigenvalue weighted by molar-refractivity contribution is 6.05. The number of carbonyl (C=O) groups excluding carboxylic acids is 3. The van der Waals surface area contributed by atoms with Gasteiger partial charge in [-0.05, 0) is 78.8 Å². The Morgan fingerprint density at radius 1 is 1.07 bits per heavy atom. The van der Waals surface area contributed by atoms with Crippen molar-refractivity contribution in [3.05, 3.63) is 41.3 Å². The number of aliphatic hydroxyl groups is 1. The normalized spacial score (nSPS) is 44.9. The first-order chi connectivity index (χ1) is 19.9. The Morgan fingerprint density at radius 3 is 2.42 bits per heavy atom. The van der Waals surface area contributed by atoms with Gasteiger partial charge in [0, 0.05) is 34.8 Å². The van der Waals surface area contributed by atoms with Crippen LogP contribution in [0.2, 0.25) is 0 Å². The van der Waals surface area contributed by atoms with Crippen molar-refractivity contribution in [3.63, 3.8) is 0 Å². The third-order valence-corrected chi connectivity index (χ3v) is 13.7. The number of allylic oxidation sites excluding steroid dienone is 3. The van der Waals surface area contributed by atoms with Crippen molar-refractivity contribution in [1.29, 1.82) is 5.26 Å². The number of amides is 1. The maximum Gasteiger partial charge on any atom is 0.289 e. The zero-order chi connectivity index (χ0) is 31.4. The van der Waals surface area contributed by atoms with Gasteiger partial charge in [-0.25, -0.2) is 0 Å². The fourth-order valence-electron chi connectivity index (χ4n) is 10.7. The summed E-state index contributed by atoms with van der Waals surface area (Å²) >= 11 is 0. The SMILES string of the molecule is CC1(C)C(=O)C(C#N)=C[C@]2(C)C3=CC(=O)[C@]4(O)[C@@H]5C[C@@](C)(CNC(=O)c6ccno6)CC[C@]5(C)CC[C@@]4(C)[C@]3(C)CC[C@@H]12. The van der Waals surface area contributed by atoms with E-state index in [1.54, 1.807) is 6.08 Å². The highest BCUT2D eigenvalue weighted by Gasteiger charge is 2.75. The van der Waals surface area contributed by atoms with Crippen molar-refractivity contribution in [2.45, 2.75) is 99.0 Å². The molecular weight excluding hydrogens is 542 g/mol. The summed E-state index contributed by atoms with van der Waals surface area (Å²) in [6.45, 7) is 15.1. The Bertz CT molecular complexity index is 1520. The van der Waals surface area contributed by atoms with Crippen LogP contribution in [0.4, 0.5) is 0 Å². The van der Waals surface area contributed by atoms with Crippen molar-refractivity contribution in [2.75, 3.05) is 6.54 Å². The number of nitrogens with one attached hydrogen (secondary N) is 1. The van der Waals surface area contributed by atoms with E-state index in [-0.39, 0.29) is 51.5 Å². The quantitative estimate of drug-likeness (QED) is 0.461. The van der Waals surface area contributed by atoms with Gasteiger partial charge in [0.1, 0.15) is 11.7 Å². The Hall–Kier alpha value is -3.05. The summed E-state index contributed by atoms with van der Waals surface area (Å²) in [6, 6.07) is 3.68.